The van der Waals surface area contributed by atoms with Crippen LogP contribution in [0, 0.1) is 11.3 Å². The first-order valence-electron chi connectivity index (χ1n) is 7.39. The summed E-state index contributed by atoms with van der Waals surface area (Å²) in [6, 6.07) is 0.441. The van der Waals surface area contributed by atoms with Gasteiger partial charge in [0.2, 0.25) is 0 Å². The molecule has 1 unspecified atom stereocenters. The lowest BCUT2D eigenvalue weighted by atomic mass is 9.63. The molecule has 1 fully saturated rings. The molecule has 2 atom stereocenters. The highest BCUT2D eigenvalue weighted by Crippen LogP contribution is 2.47. The summed E-state index contributed by atoms with van der Waals surface area (Å²) < 4.78 is 0. The third kappa shape index (κ3) is 4.07. The largest absolute Gasteiger partial charge is 0.481 e. The normalized spacial score (nSPS) is 27.7. The molecule has 0 bridgehead atoms. The molecule has 0 radical (unpaired) electrons. The minimum absolute atomic E-state index is 0.210. The highest BCUT2D eigenvalue weighted by Gasteiger charge is 2.38. The Kier molecular flexibility index (Phi) is 5.60. The van der Waals surface area contributed by atoms with E-state index in [1.165, 1.54) is 12.0 Å². The van der Waals surface area contributed by atoms with Gasteiger partial charge in [0.1, 0.15) is 0 Å². The number of aliphatic carboxylic acids is 1. The average Bonchev–Trinajstić information content (AvgIpc) is 2.30. The molecule has 0 heterocycles. The third-order valence-corrected chi connectivity index (χ3v) is 4.80. The summed E-state index contributed by atoms with van der Waals surface area (Å²) in [7, 11) is 0. The number of allylic oxidation sites excluding steroid dienone is 1. The zero-order valence-electron chi connectivity index (χ0n) is 13.0. The Morgan fingerprint density at radius 1 is 1.47 bits per heavy atom. The second-order valence-corrected chi connectivity index (χ2v) is 6.59. The third-order valence-electron chi connectivity index (χ3n) is 4.80. The SMILES string of the molecule is CC(C)=C1CC(NCCC(=O)O)CC[C@]1(C)C(C)C. The van der Waals surface area contributed by atoms with Gasteiger partial charge in [-0.25, -0.2) is 0 Å². The molecule has 1 rings (SSSR count). The monoisotopic (exact) mass is 267 g/mol. The van der Waals surface area contributed by atoms with Crippen LogP contribution in [0.4, 0.5) is 0 Å². The van der Waals surface area contributed by atoms with Crippen molar-refractivity contribution in [2.24, 2.45) is 11.3 Å². The van der Waals surface area contributed by atoms with E-state index in [0.29, 0.717) is 23.9 Å². The van der Waals surface area contributed by atoms with Crippen molar-refractivity contribution in [3.8, 4) is 0 Å². The fourth-order valence-corrected chi connectivity index (χ4v) is 3.18. The van der Waals surface area contributed by atoms with Crippen LogP contribution in [0.25, 0.3) is 0 Å². The molecular formula is C16H29NO2. The smallest absolute Gasteiger partial charge is 0.304 e. The van der Waals surface area contributed by atoms with Crippen LogP contribution in [0.2, 0.25) is 0 Å². The van der Waals surface area contributed by atoms with E-state index in [4.69, 9.17) is 5.11 Å². The number of hydrogen-bond donors (Lipinski definition) is 2. The maximum absolute atomic E-state index is 10.6. The van der Waals surface area contributed by atoms with Crippen molar-refractivity contribution in [1.82, 2.24) is 5.32 Å². The van der Waals surface area contributed by atoms with E-state index in [2.05, 4.69) is 39.9 Å². The van der Waals surface area contributed by atoms with Crippen molar-refractivity contribution >= 4 is 5.97 Å². The van der Waals surface area contributed by atoms with Gasteiger partial charge in [-0.15, -0.1) is 0 Å². The summed E-state index contributed by atoms with van der Waals surface area (Å²) in [6.07, 6.45) is 3.61. The Morgan fingerprint density at radius 3 is 2.58 bits per heavy atom. The first-order chi connectivity index (χ1) is 8.77. The Labute approximate surface area is 117 Å². The molecule has 0 saturated heterocycles. The molecule has 110 valence electrons. The molecule has 0 aliphatic heterocycles. The minimum Gasteiger partial charge on any atom is -0.481 e. The predicted molar refractivity (Wildman–Crippen MR) is 79.2 cm³/mol. The molecule has 3 heteroatoms. The first kappa shape index (κ1) is 16.2. The molecule has 2 N–H and O–H groups in total. The van der Waals surface area contributed by atoms with Gasteiger partial charge in [-0.1, -0.05) is 31.9 Å². The second kappa shape index (κ2) is 6.56. The molecule has 1 aliphatic rings. The van der Waals surface area contributed by atoms with Gasteiger partial charge in [-0.3, -0.25) is 4.79 Å². The average molecular weight is 267 g/mol. The summed E-state index contributed by atoms with van der Waals surface area (Å²) in [5.74, 6) is -0.0739. The van der Waals surface area contributed by atoms with Crippen LogP contribution in [0.3, 0.4) is 0 Å². The molecule has 0 spiro atoms. The predicted octanol–water partition coefficient (Wildman–Crippen LogP) is 3.60. The van der Waals surface area contributed by atoms with Crippen molar-refractivity contribution in [3.05, 3.63) is 11.1 Å². The van der Waals surface area contributed by atoms with Gasteiger partial charge in [0, 0.05) is 12.6 Å². The van der Waals surface area contributed by atoms with Crippen molar-refractivity contribution in [2.75, 3.05) is 6.54 Å². The maximum Gasteiger partial charge on any atom is 0.304 e. The van der Waals surface area contributed by atoms with E-state index >= 15 is 0 Å². The van der Waals surface area contributed by atoms with Crippen LogP contribution in [0.1, 0.15) is 60.3 Å². The Morgan fingerprint density at radius 2 is 2.11 bits per heavy atom. The van der Waals surface area contributed by atoms with Crippen molar-refractivity contribution in [1.29, 1.82) is 0 Å². The number of hydrogen-bond acceptors (Lipinski definition) is 2. The lowest BCUT2D eigenvalue weighted by molar-refractivity contribution is -0.136. The van der Waals surface area contributed by atoms with Gasteiger partial charge < -0.3 is 10.4 Å². The maximum atomic E-state index is 10.6. The zero-order valence-corrected chi connectivity index (χ0v) is 13.0. The molecule has 1 aliphatic carbocycles. The number of carbonyl (C=O) groups is 1. The van der Waals surface area contributed by atoms with E-state index in [1.54, 1.807) is 5.57 Å². The van der Waals surface area contributed by atoms with Gasteiger partial charge in [-0.2, -0.15) is 0 Å². The lowest BCUT2D eigenvalue weighted by Crippen LogP contribution is -2.41. The van der Waals surface area contributed by atoms with E-state index < -0.39 is 5.97 Å². The van der Waals surface area contributed by atoms with Gasteiger partial charge in [0.05, 0.1) is 6.42 Å². The van der Waals surface area contributed by atoms with Crippen LogP contribution >= 0.6 is 0 Å². The van der Waals surface area contributed by atoms with Crippen molar-refractivity contribution in [3.63, 3.8) is 0 Å². The summed E-state index contributed by atoms with van der Waals surface area (Å²) in [6.45, 7) is 12.0. The summed E-state index contributed by atoms with van der Waals surface area (Å²) in [5.41, 5.74) is 3.31. The van der Waals surface area contributed by atoms with Gasteiger partial charge in [0.15, 0.2) is 0 Å². The van der Waals surface area contributed by atoms with E-state index in [0.717, 1.165) is 12.8 Å². The van der Waals surface area contributed by atoms with E-state index in [1.807, 2.05) is 0 Å². The second-order valence-electron chi connectivity index (χ2n) is 6.59. The van der Waals surface area contributed by atoms with Crippen LogP contribution in [-0.2, 0) is 4.79 Å². The van der Waals surface area contributed by atoms with E-state index in [-0.39, 0.29) is 6.42 Å². The Hall–Kier alpha value is -0.830. The van der Waals surface area contributed by atoms with Crippen molar-refractivity contribution < 1.29 is 9.90 Å². The number of carboxylic acids is 1. The number of carboxylic acid groups (broad SMARTS) is 1. The van der Waals surface area contributed by atoms with Crippen LogP contribution in [0.5, 0.6) is 0 Å². The molecular weight excluding hydrogens is 238 g/mol. The van der Waals surface area contributed by atoms with Gasteiger partial charge >= 0.3 is 5.97 Å². The highest BCUT2D eigenvalue weighted by atomic mass is 16.4. The molecule has 19 heavy (non-hydrogen) atoms. The topological polar surface area (TPSA) is 49.3 Å². The Balaban J connectivity index is 2.68. The number of nitrogens with one attached hydrogen (secondary N) is 1. The van der Waals surface area contributed by atoms with E-state index in [9.17, 15) is 4.79 Å². The molecule has 0 aromatic rings. The van der Waals surface area contributed by atoms with Crippen LogP contribution in [-0.4, -0.2) is 23.7 Å². The number of rotatable bonds is 5. The minimum atomic E-state index is -0.724. The van der Waals surface area contributed by atoms with Crippen LogP contribution in [0.15, 0.2) is 11.1 Å². The van der Waals surface area contributed by atoms with Gasteiger partial charge in [0.25, 0.3) is 0 Å². The fourth-order valence-electron chi connectivity index (χ4n) is 3.18. The molecule has 1 saturated carbocycles. The molecule has 3 nitrogen and oxygen atoms in total. The molecule has 0 aromatic heterocycles. The molecule has 0 amide bonds. The fraction of sp³-hybridized carbons (Fsp3) is 0.812. The zero-order chi connectivity index (χ0) is 14.6. The quantitative estimate of drug-likeness (QED) is 0.748. The lowest BCUT2D eigenvalue weighted by Gasteiger charge is -2.44. The Bertz CT molecular complexity index is 356. The summed E-state index contributed by atoms with van der Waals surface area (Å²) in [5, 5.41) is 12.1. The first-order valence-corrected chi connectivity index (χ1v) is 7.39. The van der Waals surface area contributed by atoms with Gasteiger partial charge in [-0.05, 0) is 44.4 Å². The standard InChI is InChI=1S/C16H29NO2/c1-11(2)14-10-13(17-9-7-15(18)19)6-8-16(14,5)12(3)4/h12-13,17H,6-10H2,1-5H3,(H,18,19)/t13?,16-/m1/s1. The van der Waals surface area contributed by atoms with Crippen LogP contribution < -0.4 is 5.32 Å². The summed E-state index contributed by atoms with van der Waals surface area (Å²) in [4.78, 5) is 10.6. The highest BCUT2D eigenvalue weighted by molar-refractivity contribution is 5.66. The molecule has 0 aromatic carbocycles. The van der Waals surface area contributed by atoms with Crippen molar-refractivity contribution in [2.45, 2.75) is 66.3 Å². The summed E-state index contributed by atoms with van der Waals surface area (Å²) >= 11 is 0.